The van der Waals surface area contributed by atoms with E-state index < -0.39 is 6.10 Å². The molecule has 0 saturated carbocycles. The first-order chi connectivity index (χ1) is 9.60. The molecular weight excluding hydrogens is 246 g/mol. The predicted molar refractivity (Wildman–Crippen MR) is 85.2 cm³/mol. The van der Waals surface area contributed by atoms with Crippen LogP contribution in [0.3, 0.4) is 0 Å². The smallest absolute Gasteiger partial charge is 0.0962 e. The van der Waals surface area contributed by atoms with E-state index >= 15 is 0 Å². The van der Waals surface area contributed by atoms with E-state index in [4.69, 9.17) is 0 Å². The van der Waals surface area contributed by atoms with Crippen LogP contribution in [-0.2, 0) is 6.42 Å². The van der Waals surface area contributed by atoms with Gasteiger partial charge in [0.2, 0.25) is 0 Å². The number of nitrogens with one attached hydrogen (secondary N) is 1. The molecule has 2 nitrogen and oxygen atoms in total. The quantitative estimate of drug-likeness (QED) is 0.859. The molecule has 0 aliphatic carbocycles. The van der Waals surface area contributed by atoms with Crippen LogP contribution in [0.15, 0.2) is 42.5 Å². The van der Waals surface area contributed by atoms with Crippen LogP contribution >= 0.6 is 0 Å². The first-order valence-electron chi connectivity index (χ1n) is 7.18. The Labute approximate surface area is 121 Å². The van der Waals surface area contributed by atoms with Crippen LogP contribution in [-0.4, -0.2) is 11.7 Å². The van der Waals surface area contributed by atoms with E-state index in [1.165, 1.54) is 16.7 Å². The van der Waals surface area contributed by atoms with Crippen molar-refractivity contribution >= 4 is 5.69 Å². The number of hydrogen-bond donors (Lipinski definition) is 2. The van der Waals surface area contributed by atoms with Crippen molar-refractivity contribution in [2.24, 2.45) is 0 Å². The summed E-state index contributed by atoms with van der Waals surface area (Å²) in [6, 6.07) is 14.5. The lowest BCUT2D eigenvalue weighted by Crippen LogP contribution is -2.13. The number of anilines is 1. The molecule has 0 amide bonds. The Hall–Kier alpha value is -1.80. The lowest BCUT2D eigenvalue weighted by Gasteiger charge is -2.15. The summed E-state index contributed by atoms with van der Waals surface area (Å²) in [5.41, 5.74) is 5.77. The van der Waals surface area contributed by atoms with Gasteiger partial charge in [-0.1, -0.05) is 43.3 Å². The predicted octanol–water partition coefficient (Wildman–Crippen LogP) is 4.01. The maximum absolute atomic E-state index is 10.2. The van der Waals surface area contributed by atoms with Crippen LogP contribution in [0, 0.1) is 13.8 Å². The monoisotopic (exact) mass is 269 g/mol. The van der Waals surface area contributed by atoms with Gasteiger partial charge < -0.3 is 10.4 Å². The van der Waals surface area contributed by atoms with Crippen LogP contribution < -0.4 is 5.32 Å². The molecule has 106 valence electrons. The fourth-order valence-corrected chi connectivity index (χ4v) is 2.23. The van der Waals surface area contributed by atoms with Crippen molar-refractivity contribution in [3.63, 3.8) is 0 Å². The highest BCUT2D eigenvalue weighted by Gasteiger charge is 2.08. The van der Waals surface area contributed by atoms with Crippen molar-refractivity contribution in [1.82, 2.24) is 0 Å². The van der Waals surface area contributed by atoms with Crippen molar-refractivity contribution in [1.29, 1.82) is 0 Å². The molecule has 1 atom stereocenters. The van der Waals surface area contributed by atoms with E-state index in [1.54, 1.807) is 0 Å². The molecule has 2 heteroatoms. The maximum Gasteiger partial charge on any atom is 0.0962 e. The molecule has 2 rings (SSSR count). The van der Waals surface area contributed by atoms with Crippen molar-refractivity contribution in [3.05, 3.63) is 64.7 Å². The molecule has 0 heterocycles. The molecule has 0 fully saturated rings. The first kappa shape index (κ1) is 14.6. The fraction of sp³-hybridized carbons (Fsp3) is 0.333. The Morgan fingerprint density at radius 3 is 2.40 bits per heavy atom. The molecule has 0 aliphatic heterocycles. The topological polar surface area (TPSA) is 32.3 Å². The normalized spacial score (nSPS) is 12.2. The molecular formula is C18H23NO. The molecule has 0 saturated heterocycles. The van der Waals surface area contributed by atoms with Gasteiger partial charge in [-0.2, -0.15) is 0 Å². The van der Waals surface area contributed by atoms with Crippen molar-refractivity contribution in [2.75, 3.05) is 11.9 Å². The van der Waals surface area contributed by atoms with E-state index in [9.17, 15) is 5.11 Å². The molecule has 0 aromatic heterocycles. The third-order valence-electron chi connectivity index (χ3n) is 3.65. The van der Waals surface area contributed by atoms with Crippen molar-refractivity contribution in [2.45, 2.75) is 33.3 Å². The maximum atomic E-state index is 10.2. The van der Waals surface area contributed by atoms with Crippen molar-refractivity contribution in [3.8, 4) is 0 Å². The largest absolute Gasteiger partial charge is 0.387 e. The second-order valence-electron chi connectivity index (χ2n) is 5.31. The zero-order valence-electron chi connectivity index (χ0n) is 12.5. The Morgan fingerprint density at radius 2 is 1.75 bits per heavy atom. The van der Waals surface area contributed by atoms with E-state index in [0.29, 0.717) is 6.54 Å². The van der Waals surface area contributed by atoms with Crippen LogP contribution in [0.5, 0.6) is 0 Å². The zero-order chi connectivity index (χ0) is 14.5. The molecule has 0 radical (unpaired) electrons. The number of hydrogen-bond acceptors (Lipinski definition) is 2. The summed E-state index contributed by atoms with van der Waals surface area (Å²) >= 11 is 0. The van der Waals surface area contributed by atoms with Crippen LogP contribution in [0.1, 0.15) is 35.3 Å². The highest BCUT2D eigenvalue weighted by Crippen LogP contribution is 2.19. The molecule has 1 unspecified atom stereocenters. The highest BCUT2D eigenvalue weighted by atomic mass is 16.3. The van der Waals surface area contributed by atoms with E-state index in [0.717, 1.165) is 17.7 Å². The second-order valence-corrected chi connectivity index (χ2v) is 5.31. The standard InChI is InChI=1S/C18H23NO/c1-4-15-7-9-16(10-8-15)18(20)12-19-17-11-13(2)5-6-14(17)3/h5-11,18-20H,4,12H2,1-3H3. The molecule has 0 bridgehead atoms. The molecule has 20 heavy (non-hydrogen) atoms. The summed E-state index contributed by atoms with van der Waals surface area (Å²) in [7, 11) is 0. The number of benzene rings is 2. The molecule has 2 aromatic carbocycles. The fourth-order valence-electron chi connectivity index (χ4n) is 2.23. The first-order valence-corrected chi connectivity index (χ1v) is 7.18. The molecule has 0 aliphatic rings. The summed E-state index contributed by atoms with van der Waals surface area (Å²) in [4.78, 5) is 0. The third kappa shape index (κ3) is 3.61. The van der Waals surface area contributed by atoms with E-state index in [2.05, 4.69) is 56.4 Å². The highest BCUT2D eigenvalue weighted by molar-refractivity contribution is 5.52. The van der Waals surface area contributed by atoms with Gasteiger partial charge in [0.15, 0.2) is 0 Å². The van der Waals surface area contributed by atoms with Gasteiger partial charge in [-0.3, -0.25) is 0 Å². The van der Waals surface area contributed by atoms with Crippen LogP contribution in [0.2, 0.25) is 0 Å². The minimum Gasteiger partial charge on any atom is -0.387 e. The SMILES string of the molecule is CCc1ccc(C(O)CNc2cc(C)ccc2C)cc1. The van der Waals surface area contributed by atoms with E-state index in [1.807, 2.05) is 12.1 Å². The Balaban J connectivity index is 2.00. The summed E-state index contributed by atoms with van der Waals surface area (Å²) in [6.07, 6.45) is 0.540. The summed E-state index contributed by atoms with van der Waals surface area (Å²) < 4.78 is 0. The van der Waals surface area contributed by atoms with Crippen LogP contribution in [0.4, 0.5) is 5.69 Å². The van der Waals surface area contributed by atoms with Gasteiger partial charge in [-0.25, -0.2) is 0 Å². The van der Waals surface area contributed by atoms with Gasteiger partial charge in [-0.15, -0.1) is 0 Å². The lowest BCUT2D eigenvalue weighted by atomic mass is 10.1. The minimum atomic E-state index is -0.485. The van der Waals surface area contributed by atoms with Gasteiger partial charge in [0.1, 0.15) is 0 Å². The number of aliphatic hydroxyl groups excluding tert-OH is 1. The van der Waals surface area contributed by atoms with Gasteiger partial charge in [0, 0.05) is 12.2 Å². The van der Waals surface area contributed by atoms with Crippen LogP contribution in [0.25, 0.3) is 0 Å². The zero-order valence-corrected chi connectivity index (χ0v) is 12.5. The van der Waals surface area contributed by atoms with Crippen molar-refractivity contribution < 1.29 is 5.11 Å². The molecule has 0 spiro atoms. The Bertz CT molecular complexity index is 560. The number of rotatable bonds is 5. The average Bonchev–Trinajstić information content (AvgIpc) is 2.48. The molecule has 2 aromatic rings. The summed E-state index contributed by atoms with van der Waals surface area (Å²) in [6.45, 7) is 6.80. The van der Waals surface area contributed by atoms with Gasteiger partial charge >= 0.3 is 0 Å². The summed E-state index contributed by atoms with van der Waals surface area (Å²) in [5.74, 6) is 0. The minimum absolute atomic E-state index is 0.485. The Kier molecular flexibility index (Phi) is 4.80. The lowest BCUT2D eigenvalue weighted by molar-refractivity contribution is 0.191. The second kappa shape index (κ2) is 6.58. The number of aliphatic hydroxyl groups is 1. The van der Waals surface area contributed by atoms with Gasteiger partial charge in [0.05, 0.1) is 6.10 Å². The molecule has 2 N–H and O–H groups in total. The number of aryl methyl sites for hydroxylation is 3. The third-order valence-corrected chi connectivity index (χ3v) is 3.65. The average molecular weight is 269 g/mol. The van der Waals surface area contributed by atoms with Gasteiger partial charge in [0.25, 0.3) is 0 Å². The summed E-state index contributed by atoms with van der Waals surface area (Å²) in [5, 5.41) is 13.6. The van der Waals surface area contributed by atoms with Gasteiger partial charge in [-0.05, 0) is 48.6 Å². The van der Waals surface area contributed by atoms with E-state index in [-0.39, 0.29) is 0 Å². The Morgan fingerprint density at radius 1 is 1.05 bits per heavy atom.